The fourth-order valence-corrected chi connectivity index (χ4v) is 1.02. The van der Waals surface area contributed by atoms with Crippen LogP contribution in [-0.2, 0) is 0 Å². The molecule has 1 aromatic heterocycles. The van der Waals surface area contributed by atoms with Gasteiger partial charge in [0.15, 0.2) is 0 Å². The van der Waals surface area contributed by atoms with Crippen LogP contribution in [0.15, 0.2) is 10.5 Å². The summed E-state index contributed by atoms with van der Waals surface area (Å²) in [4.78, 5) is 10.6. The molecule has 0 bridgehead atoms. The Bertz CT molecular complexity index is 301. The predicted molar refractivity (Wildman–Crippen MR) is 44.7 cm³/mol. The largest absolute Gasteiger partial charge is 0.478 e. The lowest BCUT2D eigenvalue weighted by atomic mass is 10.2. The minimum atomic E-state index is -0.986. The molecule has 66 valence electrons. The third-order valence-corrected chi connectivity index (χ3v) is 1.77. The fraction of sp³-hybridized carbons (Fsp3) is 0.375. The van der Waals surface area contributed by atoms with Crippen LogP contribution in [0.5, 0.6) is 0 Å². The van der Waals surface area contributed by atoms with Gasteiger partial charge in [0.1, 0.15) is 17.1 Å². The summed E-state index contributed by atoms with van der Waals surface area (Å²) in [5.41, 5.74) is 0.178. The molecule has 0 spiro atoms. The van der Waals surface area contributed by atoms with E-state index in [-0.39, 0.29) is 10.9 Å². The molecule has 0 radical (unpaired) electrons. The van der Waals surface area contributed by atoms with Gasteiger partial charge in [0.2, 0.25) is 0 Å². The molecule has 1 aromatic rings. The van der Waals surface area contributed by atoms with Gasteiger partial charge >= 0.3 is 5.97 Å². The molecule has 1 N–H and O–H groups in total. The van der Waals surface area contributed by atoms with E-state index in [4.69, 9.17) is 21.1 Å². The number of alkyl halides is 1. The maximum Gasteiger partial charge on any atom is 0.339 e. The molecule has 0 aliphatic heterocycles. The van der Waals surface area contributed by atoms with Crippen molar-refractivity contribution in [2.45, 2.75) is 19.2 Å². The first-order valence-corrected chi connectivity index (χ1v) is 3.93. The van der Waals surface area contributed by atoms with E-state index >= 15 is 0 Å². The Morgan fingerprint density at radius 2 is 2.33 bits per heavy atom. The summed E-state index contributed by atoms with van der Waals surface area (Å²) in [5, 5.41) is 8.36. The minimum absolute atomic E-state index is 0.178. The second-order valence-corrected chi connectivity index (χ2v) is 3.19. The Morgan fingerprint density at radius 1 is 1.75 bits per heavy atom. The van der Waals surface area contributed by atoms with Crippen LogP contribution in [0.2, 0.25) is 0 Å². The number of aryl methyl sites for hydroxylation is 1. The number of aromatic carboxylic acids is 1. The highest BCUT2D eigenvalue weighted by atomic mass is 35.5. The normalized spacial score (nSPS) is 12.9. The monoisotopic (exact) mass is 188 g/mol. The van der Waals surface area contributed by atoms with Crippen LogP contribution in [-0.4, -0.2) is 11.1 Å². The smallest absolute Gasteiger partial charge is 0.339 e. The number of hydrogen-bond donors (Lipinski definition) is 1. The quantitative estimate of drug-likeness (QED) is 0.726. The van der Waals surface area contributed by atoms with Crippen molar-refractivity contribution in [3.05, 3.63) is 23.2 Å². The van der Waals surface area contributed by atoms with Gasteiger partial charge in [0.25, 0.3) is 0 Å². The topological polar surface area (TPSA) is 50.4 Å². The van der Waals surface area contributed by atoms with Crippen LogP contribution >= 0.6 is 11.6 Å². The summed E-state index contributed by atoms with van der Waals surface area (Å²) in [6.07, 6.45) is 0. The van der Waals surface area contributed by atoms with Gasteiger partial charge in [0.05, 0.1) is 5.38 Å². The van der Waals surface area contributed by atoms with Crippen molar-refractivity contribution >= 4 is 17.6 Å². The Hall–Kier alpha value is -0.960. The number of carboxylic acids is 1. The van der Waals surface area contributed by atoms with E-state index < -0.39 is 5.97 Å². The van der Waals surface area contributed by atoms with Gasteiger partial charge < -0.3 is 9.52 Å². The lowest BCUT2D eigenvalue weighted by Crippen LogP contribution is -1.94. The summed E-state index contributed by atoms with van der Waals surface area (Å²) in [7, 11) is 0. The van der Waals surface area contributed by atoms with Crippen molar-refractivity contribution in [1.82, 2.24) is 0 Å². The maximum absolute atomic E-state index is 10.6. The first-order valence-electron chi connectivity index (χ1n) is 3.50. The van der Waals surface area contributed by atoms with Crippen LogP contribution < -0.4 is 0 Å². The Labute approximate surface area is 74.9 Å². The van der Waals surface area contributed by atoms with Crippen molar-refractivity contribution in [1.29, 1.82) is 0 Å². The zero-order chi connectivity index (χ0) is 9.30. The molecule has 0 aromatic carbocycles. The van der Waals surface area contributed by atoms with E-state index in [0.717, 1.165) is 0 Å². The number of carboxylic acid groups (broad SMARTS) is 1. The summed E-state index contributed by atoms with van der Waals surface area (Å²) in [6, 6.07) is 1.45. The van der Waals surface area contributed by atoms with Crippen LogP contribution in [0.3, 0.4) is 0 Å². The van der Waals surface area contributed by atoms with Gasteiger partial charge in [-0.2, -0.15) is 0 Å². The first-order chi connectivity index (χ1) is 5.52. The van der Waals surface area contributed by atoms with E-state index in [1.54, 1.807) is 13.8 Å². The lowest BCUT2D eigenvalue weighted by Gasteiger charge is -1.93. The second-order valence-electron chi connectivity index (χ2n) is 2.54. The number of hydrogen-bond acceptors (Lipinski definition) is 2. The van der Waals surface area contributed by atoms with Crippen molar-refractivity contribution in [2.24, 2.45) is 0 Å². The maximum atomic E-state index is 10.6. The molecule has 0 saturated heterocycles. The predicted octanol–water partition coefficient (Wildman–Crippen LogP) is 2.59. The average Bonchev–Trinajstić information content (AvgIpc) is 2.30. The molecule has 1 atom stereocenters. The molecule has 0 saturated carbocycles. The van der Waals surface area contributed by atoms with E-state index in [1.807, 2.05) is 0 Å². The number of carbonyl (C=O) groups is 1. The van der Waals surface area contributed by atoms with E-state index in [0.29, 0.717) is 11.5 Å². The van der Waals surface area contributed by atoms with Gasteiger partial charge in [-0.1, -0.05) is 0 Å². The number of halogens is 1. The van der Waals surface area contributed by atoms with Crippen LogP contribution in [0.4, 0.5) is 0 Å². The van der Waals surface area contributed by atoms with E-state index in [9.17, 15) is 4.79 Å². The molecule has 3 nitrogen and oxygen atoms in total. The third kappa shape index (κ3) is 1.61. The van der Waals surface area contributed by atoms with Gasteiger partial charge in [-0.15, -0.1) is 11.6 Å². The van der Waals surface area contributed by atoms with Gasteiger partial charge in [-0.25, -0.2) is 4.79 Å². The summed E-state index contributed by atoms with van der Waals surface area (Å²) < 4.78 is 5.12. The molecule has 4 heteroatoms. The molecule has 0 fully saturated rings. The van der Waals surface area contributed by atoms with Gasteiger partial charge in [0, 0.05) is 0 Å². The molecule has 0 aliphatic carbocycles. The zero-order valence-corrected chi connectivity index (χ0v) is 7.55. The standard InChI is InChI=1S/C8H9ClO3/c1-4(9)7-3-6(8(10)11)5(2)12-7/h3-4H,1-2H3,(H,10,11)/t4-/m0/s1. The van der Waals surface area contributed by atoms with Gasteiger partial charge in [-0.05, 0) is 19.9 Å². The summed E-state index contributed by atoms with van der Waals surface area (Å²) in [5.74, 6) is -0.101. The molecular weight excluding hydrogens is 180 g/mol. The minimum Gasteiger partial charge on any atom is -0.478 e. The summed E-state index contributed by atoms with van der Waals surface area (Å²) in [6.45, 7) is 3.33. The van der Waals surface area contributed by atoms with E-state index in [1.165, 1.54) is 6.07 Å². The lowest BCUT2D eigenvalue weighted by molar-refractivity contribution is 0.0695. The van der Waals surface area contributed by atoms with Crippen molar-refractivity contribution < 1.29 is 14.3 Å². The molecule has 0 aliphatic rings. The van der Waals surface area contributed by atoms with Gasteiger partial charge in [-0.3, -0.25) is 0 Å². The SMILES string of the molecule is Cc1oc([C@H](C)Cl)cc1C(=O)O. The Kier molecular flexibility index (Phi) is 2.43. The van der Waals surface area contributed by atoms with Crippen molar-refractivity contribution in [3.8, 4) is 0 Å². The Balaban J connectivity index is 3.09. The molecular formula is C8H9ClO3. The fourth-order valence-electron chi connectivity index (χ4n) is 0.913. The van der Waals surface area contributed by atoms with E-state index in [2.05, 4.69) is 0 Å². The highest BCUT2D eigenvalue weighted by Gasteiger charge is 2.15. The molecule has 1 heterocycles. The average molecular weight is 189 g/mol. The van der Waals surface area contributed by atoms with Crippen LogP contribution in [0.25, 0.3) is 0 Å². The van der Waals surface area contributed by atoms with Crippen molar-refractivity contribution in [3.63, 3.8) is 0 Å². The van der Waals surface area contributed by atoms with Crippen molar-refractivity contribution in [2.75, 3.05) is 0 Å². The highest BCUT2D eigenvalue weighted by Crippen LogP contribution is 2.24. The third-order valence-electron chi connectivity index (χ3n) is 1.56. The zero-order valence-electron chi connectivity index (χ0n) is 6.80. The molecule has 1 rings (SSSR count). The number of furan rings is 1. The molecule has 0 unspecified atom stereocenters. The molecule has 12 heavy (non-hydrogen) atoms. The second kappa shape index (κ2) is 3.19. The number of rotatable bonds is 2. The summed E-state index contributed by atoms with van der Waals surface area (Å²) >= 11 is 5.71. The van der Waals surface area contributed by atoms with Crippen LogP contribution in [0.1, 0.15) is 34.2 Å². The molecule has 0 amide bonds. The van der Waals surface area contributed by atoms with Crippen LogP contribution in [0, 0.1) is 6.92 Å². The first kappa shape index (κ1) is 9.13. The highest BCUT2D eigenvalue weighted by molar-refractivity contribution is 6.20. The Morgan fingerprint density at radius 3 is 2.58 bits per heavy atom.